The summed E-state index contributed by atoms with van der Waals surface area (Å²) < 4.78 is 2.84. The number of aryl methyl sites for hydroxylation is 1. The summed E-state index contributed by atoms with van der Waals surface area (Å²) in [6.07, 6.45) is 0. The average molecular weight is 373 g/mol. The molecule has 0 bridgehead atoms. The second-order valence-electron chi connectivity index (χ2n) is 4.87. The van der Waals surface area contributed by atoms with Crippen LogP contribution in [-0.2, 0) is 0 Å². The van der Waals surface area contributed by atoms with Gasteiger partial charge in [-0.2, -0.15) is 4.68 Å². The molecule has 0 aliphatic rings. The van der Waals surface area contributed by atoms with Gasteiger partial charge in [-0.05, 0) is 43.3 Å². The predicted octanol–water partition coefficient (Wildman–Crippen LogP) is 3.46. The minimum atomic E-state index is -0.173. The van der Waals surface area contributed by atoms with Crippen molar-refractivity contribution in [3.63, 3.8) is 0 Å². The first-order chi connectivity index (χ1) is 10.6. The highest BCUT2D eigenvalue weighted by Crippen LogP contribution is 2.28. The summed E-state index contributed by atoms with van der Waals surface area (Å²) in [6.45, 7) is 1.93. The molecular weight excluding hydrogens is 364 g/mol. The molecule has 0 atom stereocenters. The van der Waals surface area contributed by atoms with Crippen LogP contribution in [0, 0.1) is 6.92 Å². The van der Waals surface area contributed by atoms with E-state index in [4.69, 9.17) is 0 Å². The van der Waals surface area contributed by atoms with E-state index in [1.807, 2.05) is 43.3 Å². The molecule has 0 N–H and O–H groups in total. The highest BCUT2D eigenvalue weighted by Gasteiger charge is 2.14. The molecular formula is C15H9BrN4OS. The molecule has 0 saturated heterocycles. The van der Waals surface area contributed by atoms with Gasteiger partial charge in [-0.25, -0.2) is 4.98 Å². The molecule has 7 heteroatoms. The Morgan fingerprint density at radius 3 is 2.68 bits per heavy atom. The van der Waals surface area contributed by atoms with Gasteiger partial charge in [0.1, 0.15) is 15.0 Å². The monoisotopic (exact) mass is 372 g/mol. The Bertz CT molecular complexity index is 1070. The molecule has 0 saturated carbocycles. The zero-order valence-corrected chi connectivity index (χ0v) is 13.8. The summed E-state index contributed by atoms with van der Waals surface area (Å²) in [5.41, 5.74) is 2.04. The summed E-state index contributed by atoms with van der Waals surface area (Å²) in [4.78, 5) is 18.0. The number of halogens is 1. The molecule has 0 unspecified atom stereocenters. The largest absolute Gasteiger partial charge is 0.292 e. The number of fused-ring (bicyclic) bond motifs is 3. The molecule has 4 rings (SSSR count). The van der Waals surface area contributed by atoms with Gasteiger partial charge in [-0.3, -0.25) is 4.79 Å². The quantitative estimate of drug-likeness (QED) is 0.513. The minimum Gasteiger partial charge on any atom is -0.266 e. The van der Waals surface area contributed by atoms with Crippen molar-refractivity contribution in [2.45, 2.75) is 6.92 Å². The Morgan fingerprint density at radius 1 is 1.14 bits per heavy atom. The van der Waals surface area contributed by atoms with Crippen LogP contribution in [0.3, 0.4) is 0 Å². The van der Waals surface area contributed by atoms with E-state index in [1.54, 1.807) is 0 Å². The van der Waals surface area contributed by atoms with E-state index in [-0.39, 0.29) is 5.56 Å². The summed E-state index contributed by atoms with van der Waals surface area (Å²) in [7, 11) is 0. The van der Waals surface area contributed by atoms with E-state index >= 15 is 0 Å². The van der Waals surface area contributed by atoms with Crippen LogP contribution in [0.25, 0.3) is 26.1 Å². The van der Waals surface area contributed by atoms with Crippen LogP contribution in [0.1, 0.15) is 5.69 Å². The lowest BCUT2D eigenvalue weighted by atomic mass is 10.3. The molecule has 22 heavy (non-hydrogen) atoms. The lowest BCUT2D eigenvalue weighted by Crippen LogP contribution is -2.21. The summed E-state index contributed by atoms with van der Waals surface area (Å²) in [5.74, 6) is 0. The smallest absolute Gasteiger partial charge is 0.266 e. The first-order valence-electron chi connectivity index (χ1n) is 6.55. The van der Waals surface area contributed by atoms with Gasteiger partial charge in [0.05, 0.1) is 5.69 Å². The van der Waals surface area contributed by atoms with E-state index in [1.165, 1.54) is 16.0 Å². The molecule has 5 nitrogen and oxygen atoms in total. The molecule has 0 aliphatic carbocycles. The maximum absolute atomic E-state index is 12.7. The summed E-state index contributed by atoms with van der Waals surface area (Å²) >= 11 is 4.73. The van der Waals surface area contributed by atoms with Crippen molar-refractivity contribution >= 4 is 47.7 Å². The van der Waals surface area contributed by atoms with Crippen LogP contribution in [-0.4, -0.2) is 20.0 Å². The zero-order chi connectivity index (χ0) is 15.3. The summed E-state index contributed by atoms with van der Waals surface area (Å²) in [5, 5.41) is 9.17. The van der Waals surface area contributed by atoms with Crippen LogP contribution >= 0.6 is 27.3 Å². The summed E-state index contributed by atoms with van der Waals surface area (Å²) in [6, 6.07) is 11.2. The third kappa shape index (κ3) is 2.05. The minimum absolute atomic E-state index is 0.173. The molecule has 0 amide bonds. The van der Waals surface area contributed by atoms with E-state index < -0.39 is 0 Å². The molecule has 0 radical (unpaired) electrons. The van der Waals surface area contributed by atoms with Gasteiger partial charge in [0.25, 0.3) is 5.56 Å². The van der Waals surface area contributed by atoms with Crippen molar-refractivity contribution in [1.29, 1.82) is 0 Å². The van der Waals surface area contributed by atoms with E-state index in [0.717, 1.165) is 20.4 Å². The van der Waals surface area contributed by atoms with E-state index in [2.05, 4.69) is 31.2 Å². The number of benzene rings is 1. The molecule has 108 valence electrons. The number of aromatic nitrogens is 4. The Balaban J connectivity index is 2.03. The maximum Gasteiger partial charge on any atom is 0.292 e. The molecule has 0 fully saturated rings. The third-order valence-corrected chi connectivity index (χ3v) is 4.97. The van der Waals surface area contributed by atoms with Gasteiger partial charge in [-0.15, -0.1) is 16.4 Å². The van der Waals surface area contributed by atoms with Crippen LogP contribution in [0.15, 0.2) is 45.7 Å². The number of nitrogens with zero attached hydrogens (tertiary/aromatic N) is 4. The lowest BCUT2D eigenvalue weighted by molar-refractivity contribution is 0.740. The van der Waals surface area contributed by atoms with Crippen molar-refractivity contribution < 1.29 is 0 Å². The second-order valence-corrected chi connectivity index (χ2v) is 6.78. The molecule has 0 aliphatic heterocycles. The molecule has 1 aromatic carbocycles. The van der Waals surface area contributed by atoms with Gasteiger partial charge in [0.15, 0.2) is 0 Å². The first-order valence-corrected chi connectivity index (χ1v) is 8.16. The zero-order valence-electron chi connectivity index (χ0n) is 11.4. The van der Waals surface area contributed by atoms with Gasteiger partial charge < -0.3 is 0 Å². The fourth-order valence-electron chi connectivity index (χ4n) is 2.28. The molecule has 0 spiro atoms. The lowest BCUT2D eigenvalue weighted by Gasteiger charge is -2.02. The number of thiophene rings is 1. The Labute approximate surface area is 137 Å². The van der Waals surface area contributed by atoms with Crippen LogP contribution < -0.4 is 5.56 Å². The van der Waals surface area contributed by atoms with Crippen molar-refractivity contribution in [3.8, 4) is 5.69 Å². The average Bonchev–Trinajstić information content (AvgIpc) is 2.87. The standard InChI is InChI=1S/C15H9BrN4OS/c1-8-2-7-11-12-13(22-14(11)17-8)15(21)20(19-18-12)10-5-3-9(16)4-6-10/h2-7H,1H3. The van der Waals surface area contributed by atoms with Crippen molar-refractivity contribution in [2.24, 2.45) is 0 Å². The Kier molecular flexibility index (Phi) is 3.05. The Morgan fingerprint density at radius 2 is 1.91 bits per heavy atom. The predicted molar refractivity (Wildman–Crippen MR) is 90.8 cm³/mol. The maximum atomic E-state index is 12.7. The SMILES string of the molecule is Cc1ccc2c(n1)sc1c(=O)n(-c3ccc(Br)cc3)nnc12. The van der Waals surface area contributed by atoms with E-state index in [0.29, 0.717) is 15.9 Å². The number of hydrogen-bond donors (Lipinski definition) is 0. The van der Waals surface area contributed by atoms with Crippen LogP contribution in [0.2, 0.25) is 0 Å². The highest BCUT2D eigenvalue weighted by molar-refractivity contribution is 9.10. The van der Waals surface area contributed by atoms with Crippen molar-refractivity contribution in [1.82, 2.24) is 20.0 Å². The molecule has 3 heterocycles. The van der Waals surface area contributed by atoms with Gasteiger partial charge >= 0.3 is 0 Å². The topological polar surface area (TPSA) is 60.7 Å². The third-order valence-electron chi connectivity index (χ3n) is 3.36. The Hall–Kier alpha value is -2.12. The number of hydrogen-bond acceptors (Lipinski definition) is 5. The van der Waals surface area contributed by atoms with Gasteiger partial charge in [0, 0.05) is 15.6 Å². The van der Waals surface area contributed by atoms with Gasteiger partial charge in [-0.1, -0.05) is 21.1 Å². The van der Waals surface area contributed by atoms with E-state index in [9.17, 15) is 4.79 Å². The van der Waals surface area contributed by atoms with Gasteiger partial charge in [0.2, 0.25) is 0 Å². The normalized spacial score (nSPS) is 11.4. The van der Waals surface area contributed by atoms with Crippen molar-refractivity contribution in [3.05, 3.63) is 56.9 Å². The highest BCUT2D eigenvalue weighted by atomic mass is 79.9. The molecule has 3 aromatic heterocycles. The number of rotatable bonds is 1. The van der Waals surface area contributed by atoms with Crippen molar-refractivity contribution in [2.75, 3.05) is 0 Å². The fourth-order valence-corrected chi connectivity index (χ4v) is 3.62. The fraction of sp³-hybridized carbons (Fsp3) is 0.0667. The molecule has 4 aromatic rings. The van der Waals surface area contributed by atoms with Crippen LogP contribution in [0.4, 0.5) is 0 Å². The van der Waals surface area contributed by atoms with Crippen LogP contribution in [0.5, 0.6) is 0 Å². The first kappa shape index (κ1) is 13.5. The second kappa shape index (κ2) is 4.96. The number of pyridine rings is 1.